The van der Waals surface area contributed by atoms with Gasteiger partial charge in [-0.1, -0.05) is 5.92 Å². The van der Waals surface area contributed by atoms with Gasteiger partial charge < -0.3 is 5.73 Å². The molecule has 0 aliphatic heterocycles. The summed E-state index contributed by atoms with van der Waals surface area (Å²) in [6.07, 6.45) is 4.78. The number of rotatable bonds is 2. The second kappa shape index (κ2) is 3.89. The number of amides is 1. The highest BCUT2D eigenvalue weighted by atomic mass is 16.5. The maximum atomic E-state index is 10.4. The Labute approximate surface area is 53.2 Å². The number of hydrogen-bond donors (Lipinski definition) is 2. The maximum Gasteiger partial charge on any atom is 0.260 e. The number of nitrogens with zero attached hydrogens (tertiary/aromatic N) is 1. The van der Waals surface area contributed by atoms with Crippen LogP contribution >= 0.6 is 0 Å². The van der Waals surface area contributed by atoms with Crippen LogP contribution in [0, 0.1) is 12.3 Å². The normalized spacial score (nSPS) is 8.11. The lowest BCUT2D eigenvalue weighted by Gasteiger charge is -2.08. The zero-order valence-electron chi connectivity index (χ0n) is 4.87. The van der Waals surface area contributed by atoms with Gasteiger partial charge in [0, 0.05) is 0 Å². The minimum absolute atomic E-state index is 0.115. The van der Waals surface area contributed by atoms with Gasteiger partial charge in [0.15, 0.2) is 0 Å². The Morgan fingerprint density at radius 3 is 2.78 bits per heavy atom. The van der Waals surface area contributed by atoms with E-state index in [1.54, 1.807) is 0 Å². The Bertz CT molecular complexity index is 138. The third-order valence-corrected chi connectivity index (χ3v) is 0.704. The topological polar surface area (TPSA) is 66.6 Å². The molecule has 0 aliphatic carbocycles. The summed E-state index contributed by atoms with van der Waals surface area (Å²) in [4.78, 5) is 10.4. The minimum atomic E-state index is -0.576. The second-order valence-electron chi connectivity index (χ2n) is 1.36. The molecule has 9 heavy (non-hydrogen) atoms. The Hall–Kier alpha value is -1.05. The third-order valence-electron chi connectivity index (χ3n) is 0.704. The van der Waals surface area contributed by atoms with Gasteiger partial charge in [-0.3, -0.25) is 10.0 Å². The van der Waals surface area contributed by atoms with Crippen molar-refractivity contribution in [2.75, 3.05) is 13.1 Å². The van der Waals surface area contributed by atoms with E-state index in [4.69, 9.17) is 17.4 Å². The first-order chi connectivity index (χ1) is 4.22. The summed E-state index contributed by atoms with van der Waals surface area (Å²) in [7, 11) is 0. The van der Waals surface area contributed by atoms with Crippen molar-refractivity contribution >= 4 is 5.91 Å². The lowest BCUT2D eigenvalue weighted by molar-refractivity contribution is -0.160. The number of hydrogen-bond acceptors (Lipinski definition) is 3. The monoisotopic (exact) mass is 128 g/mol. The fraction of sp³-hybridized carbons (Fsp3) is 0.400. The summed E-state index contributed by atoms with van der Waals surface area (Å²) >= 11 is 0. The molecule has 0 saturated heterocycles. The van der Waals surface area contributed by atoms with Gasteiger partial charge in [-0.05, 0) is 0 Å². The van der Waals surface area contributed by atoms with Crippen LogP contribution in [0.3, 0.4) is 0 Å². The average Bonchev–Trinajstić information content (AvgIpc) is 1.87. The van der Waals surface area contributed by atoms with E-state index in [0.29, 0.717) is 5.06 Å². The fourth-order valence-electron chi connectivity index (χ4n) is 0.280. The predicted octanol–water partition coefficient (Wildman–Crippen LogP) is -1.20. The van der Waals surface area contributed by atoms with Gasteiger partial charge in [-0.15, -0.1) is 6.42 Å². The Morgan fingerprint density at radius 2 is 2.44 bits per heavy atom. The van der Waals surface area contributed by atoms with E-state index in [0.717, 1.165) is 0 Å². The molecule has 0 bridgehead atoms. The van der Waals surface area contributed by atoms with Crippen LogP contribution in [-0.4, -0.2) is 29.3 Å². The molecule has 3 N–H and O–H groups in total. The number of carbonyl (C=O) groups is 1. The van der Waals surface area contributed by atoms with Gasteiger partial charge >= 0.3 is 0 Å². The van der Waals surface area contributed by atoms with Crippen LogP contribution in [0.25, 0.3) is 0 Å². The molecule has 0 fully saturated rings. The third kappa shape index (κ3) is 2.69. The zero-order valence-corrected chi connectivity index (χ0v) is 4.87. The van der Waals surface area contributed by atoms with E-state index in [9.17, 15) is 4.79 Å². The van der Waals surface area contributed by atoms with E-state index in [1.165, 1.54) is 0 Å². The molecular formula is C5H8N2O2. The fourth-order valence-corrected chi connectivity index (χ4v) is 0.280. The zero-order chi connectivity index (χ0) is 7.28. The van der Waals surface area contributed by atoms with Crippen molar-refractivity contribution in [2.24, 2.45) is 5.73 Å². The molecule has 50 valence electrons. The van der Waals surface area contributed by atoms with Crippen LogP contribution in [0.1, 0.15) is 0 Å². The molecule has 0 radical (unpaired) electrons. The largest absolute Gasteiger partial charge is 0.322 e. The highest BCUT2D eigenvalue weighted by Gasteiger charge is 2.04. The van der Waals surface area contributed by atoms with Crippen molar-refractivity contribution in [1.29, 1.82) is 0 Å². The van der Waals surface area contributed by atoms with Crippen molar-refractivity contribution in [2.45, 2.75) is 0 Å². The van der Waals surface area contributed by atoms with Crippen molar-refractivity contribution in [3.63, 3.8) is 0 Å². The summed E-state index contributed by atoms with van der Waals surface area (Å²) in [5.41, 5.74) is 4.88. The SMILES string of the molecule is C#CCN(O)C(=O)CN. The van der Waals surface area contributed by atoms with Gasteiger partial charge in [0.25, 0.3) is 5.91 Å². The smallest absolute Gasteiger partial charge is 0.260 e. The van der Waals surface area contributed by atoms with Gasteiger partial charge in [0.1, 0.15) is 6.54 Å². The van der Waals surface area contributed by atoms with Crippen molar-refractivity contribution < 1.29 is 10.0 Å². The van der Waals surface area contributed by atoms with Crippen LogP contribution in [0.4, 0.5) is 0 Å². The highest BCUT2D eigenvalue weighted by Crippen LogP contribution is 1.77. The second-order valence-corrected chi connectivity index (χ2v) is 1.36. The van der Waals surface area contributed by atoms with E-state index < -0.39 is 5.91 Å². The molecule has 0 saturated carbocycles. The summed E-state index contributed by atoms with van der Waals surface area (Å²) in [5.74, 6) is 1.51. The predicted molar refractivity (Wildman–Crippen MR) is 31.4 cm³/mol. The molecule has 0 aromatic rings. The first kappa shape index (κ1) is 7.95. The van der Waals surface area contributed by atoms with Crippen LogP contribution in [0.2, 0.25) is 0 Å². The highest BCUT2D eigenvalue weighted by molar-refractivity contribution is 5.76. The van der Waals surface area contributed by atoms with Gasteiger partial charge in [0.2, 0.25) is 0 Å². The summed E-state index contributed by atoms with van der Waals surface area (Å²) in [6.45, 7) is -0.339. The van der Waals surface area contributed by atoms with Gasteiger partial charge in [-0.2, -0.15) is 0 Å². The number of terminal acetylenes is 1. The number of nitrogens with two attached hydrogens (primary N) is 1. The summed E-state index contributed by atoms with van der Waals surface area (Å²) < 4.78 is 0. The molecule has 0 atom stereocenters. The van der Waals surface area contributed by atoms with Gasteiger partial charge in [-0.25, -0.2) is 5.06 Å². The van der Waals surface area contributed by atoms with Crippen LogP contribution in [0.15, 0.2) is 0 Å². The van der Waals surface area contributed by atoms with Gasteiger partial charge in [0.05, 0.1) is 6.54 Å². The van der Waals surface area contributed by atoms with E-state index >= 15 is 0 Å². The first-order valence-electron chi connectivity index (χ1n) is 2.35. The Morgan fingerprint density at radius 1 is 1.89 bits per heavy atom. The molecule has 0 rings (SSSR count). The van der Waals surface area contributed by atoms with Crippen molar-refractivity contribution in [3.8, 4) is 12.3 Å². The summed E-state index contributed by atoms with van der Waals surface area (Å²) in [6, 6.07) is 0. The van der Waals surface area contributed by atoms with E-state index in [1.807, 2.05) is 0 Å². The molecule has 0 aromatic heterocycles. The Kier molecular flexibility index (Phi) is 3.44. The number of carbonyl (C=O) groups excluding carboxylic acids is 1. The van der Waals surface area contributed by atoms with Crippen molar-refractivity contribution in [3.05, 3.63) is 0 Å². The minimum Gasteiger partial charge on any atom is -0.322 e. The first-order valence-corrected chi connectivity index (χ1v) is 2.35. The van der Waals surface area contributed by atoms with E-state index in [2.05, 4.69) is 5.92 Å². The standard InChI is InChI=1S/C5H8N2O2/c1-2-3-7(9)5(8)4-6/h1,9H,3-4,6H2. The molecule has 0 heterocycles. The van der Waals surface area contributed by atoms with Crippen molar-refractivity contribution in [1.82, 2.24) is 5.06 Å². The maximum absolute atomic E-state index is 10.4. The molecule has 0 aliphatic rings. The average molecular weight is 128 g/mol. The Balaban J connectivity index is 3.62. The van der Waals surface area contributed by atoms with Crippen LogP contribution < -0.4 is 5.73 Å². The molecule has 1 amide bonds. The lowest BCUT2D eigenvalue weighted by atomic mass is 10.5. The molecule has 4 heteroatoms. The molecular weight excluding hydrogens is 120 g/mol. The quantitative estimate of drug-likeness (QED) is 0.279. The molecule has 0 unspecified atom stereocenters. The molecule has 4 nitrogen and oxygen atoms in total. The molecule has 0 aromatic carbocycles. The number of hydroxylamine groups is 2. The lowest BCUT2D eigenvalue weighted by Crippen LogP contribution is -2.33. The molecule has 0 spiro atoms. The summed E-state index contributed by atoms with van der Waals surface area (Å²) in [5, 5.41) is 8.98. The van der Waals surface area contributed by atoms with E-state index in [-0.39, 0.29) is 13.1 Å². The van der Waals surface area contributed by atoms with Crippen LogP contribution in [0.5, 0.6) is 0 Å². The van der Waals surface area contributed by atoms with Crippen LogP contribution in [-0.2, 0) is 4.79 Å².